The minimum absolute atomic E-state index is 0.0219. The topological polar surface area (TPSA) is 112 Å². The predicted octanol–water partition coefficient (Wildman–Crippen LogP) is 5.37. The van der Waals surface area contributed by atoms with Gasteiger partial charge in [-0.3, -0.25) is 9.59 Å². The van der Waals surface area contributed by atoms with E-state index in [0.29, 0.717) is 20.9 Å². The summed E-state index contributed by atoms with van der Waals surface area (Å²) in [5, 5.41) is 12.5. The van der Waals surface area contributed by atoms with Crippen LogP contribution in [0.3, 0.4) is 0 Å². The Balaban J connectivity index is 1.23. The number of amides is 1. The molecule has 2 N–H and O–H groups in total. The SMILES string of the molecule is N#Cc1ccc(Cc2cnc(NC(=O)CCc3nc4sc5c(c4c(=O)[nH]3)CCCC5)s2)c(C(F)(F)F)c1. The van der Waals surface area contributed by atoms with Crippen LogP contribution in [0.25, 0.3) is 10.2 Å². The van der Waals surface area contributed by atoms with Crippen LogP contribution >= 0.6 is 22.7 Å². The number of anilines is 1. The van der Waals surface area contributed by atoms with Crippen molar-refractivity contribution in [1.82, 2.24) is 15.0 Å². The molecule has 37 heavy (non-hydrogen) atoms. The predicted molar refractivity (Wildman–Crippen MR) is 135 cm³/mol. The number of H-pyrrole nitrogens is 1. The summed E-state index contributed by atoms with van der Waals surface area (Å²) in [4.78, 5) is 39.1. The number of alkyl halides is 3. The minimum Gasteiger partial charge on any atom is -0.310 e. The fourth-order valence-corrected chi connectivity index (χ4v) is 6.57. The number of nitriles is 1. The highest BCUT2D eigenvalue weighted by atomic mass is 32.1. The fraction of sp³-hybridized carbons (Fsp3) is 0.320. The van der Waals surface area contributed by atoms with Gasteiger partial charge in [-0.15, -0.1) is 22.7 Å². The number of hydrogen-bond donors (Lipinski definition) is 2. The van der Waals surface area contributed by atoms with Gasteiger partial charge in [0, 0.05) is 35.2 Å². The van der Waals surface area contributed by atoms with E-state index in [2.05, 4.69) is 20.3 Å². The van der Waals surface area contributed by atoms with E-state index < -0.39 is 11.7 Å². The zero-order valence-corrected chi connectivity index (χ0v) is 21.0. The number of thiazole rings is 1. The van der Waals surface area contributed by atoms with Crippen molar-refractivity contribution in [3.63, 3.8) is 0 Å². The second-order valence-corrected chi connectivity index (χ2v) is 10.9. The van der Waals surface area contributed by atoms with E-state index in [9.17, 15) is 22.8 Å². The van der Waals surface area contributed by atoms with Crippen molar-refractivity contribution in [3.8, 4) is 6.07 Å². The molecule has 0 saturated heterocycles. The number of carbonyl (C=O) groups is 1. The zero-order chi connectivity index (χ0) is 26.2. The van der Waals surface area contributed by atoms with E-state index in [-0.39, 0.29) is 47.0 Å². The van der Waals surface area contributed by atoms with E-state index in [1.54, 1.807) is 17.4 Å². The fourth-order valence-electron chi connectivity index (χ4n) is 4.44. The lowest BCUT2D eigenvalue weighted by atomic mass is 9.97. The van der Waals surface area contributed by atoms with E-state index >= 15 is 0 Å². The Hall–Kier alpha value is -3.56. The van der Waals surface area contributed by atoms with E-state index in [1.165, 1.54) is 23.2 Å². The molecule has 3 aromatic heterocycles. The number of aryl methyl sites for hydroxylation is 3. The second-order valence-electron chi connectivity index (χ2n) is 8.74. The van der Waals surface area contributed by atoms with Crippen LogP contribution in [0, 0.1) is 11.3 Å². The van der Waals surface area contributed by atoms with Gasteiger partial charge in [-0.05, 0) is 48.9 Å². The molecule has 3 heterocycles. The molecule has 0 aliphatic heterocycles. The molecular weight excluding hydrogens is 523 g/mol. The molecular formula is C25H20F3N5O2S2. The number of aromatic nitrogens is 3. The van der Waals surface area contributed by atoms with Crippen molar-refractivity contribution < 1.29 is 18.0 Å². The summed E-state index contributed by atoms with van der Waals surface area (Å²) in [6.45, 7) is 0. The van der Waals surface area contributed by atoms with Crippen LogP contribution in [0.5, 0.6) is 0 Å². The first-order valence-electron chi connectivity index (χ1n) is 11.6. The lowest BCUT2D eigenvalue weighted by Crippen LogP contribution is -2.16. The third-order valence-corrected chi connectivity index (χ3v) is 8.27. The Morgan fingerprint density at radius 1 is 1.22 bits per heavy atom. The molecule has 1 amide bonds. The maximum Gasteiger partial charge on any atom is 0.416 e. The molecule has 1 aliphatic rings. The number of hydrogen-bond acceptors (Lipinski definition) is 7. The summed E-state index contributed by atoms with van der Waals surface area (Å²) in [7, 11) is 0. The van der Waals surface area contributed by atoms with Gasteiger partial charge in [-0.25, -0.2) is 9.97 Å². The highest BCUT2D eigenvalue weighted by Crippen LogP contribution is 2.35. The van der Waals surface area contributed by atoms with Crippen molar-refractivity contribution in [2.75, 3.05) is 5.32 Å². The number of nitrogens with one attached hydrogen (secondary N) is 2. The molecule has 0 radical (unpaired) electrons. The number of fused-ring (bicyclic) bond motifs is 3. The first-order chi connectivity index (χ1) is 17.7. The molecule has 7 nitrogen and oxygen atoms in total. The Morgan fingerprint density at radius 3 is 2.81 bits per heavy atom. The van der Waals surface area contributed by atoms with Crippen molar-refractivity contribution in [3.05, 3.63) is 72.6 Å². The first-order valence-corrected chi connectivity index (χ1v) is 13.2. The Morgan fingerprint density at radius 2 is 2.03 bits per heavy atom. The van der Waals surface area contributed by atoms with Crippen molar-refractivity contribution in [1.29, 1.82) is 5.26 Å². The molecule has 1 aliphatic carbocycles. The van der Waals surface area contributed by atoms with Gasteiger partial charge in [0.2, 0.25) is 5.91 Å². The van der Waals surface area contributed by atoms with Gasteiger partial charge < -0.3 is 10.3 Å². The van der Waals surface area contributed by atoms with Gasteiger partial charge in [-0.1, -0.05) is 6.07 Å². The number of nitrogens with zero attached hydrogens (tertiary/aromatic N) is 3. The van der Waals surface area contributed by atoms with Crippen LogP contribution in [0.1, 0.15) is 57.1 Å². The number of aromatic amines is 1. The third-order valence-electron chi connectivity index (χ3n) is 6.17. The largest absolute Gasteiger partial charge is 0.416 e. The highest BCUT2D eigenvalue weighted by Gasteiger charge is 2.33. The second kappa shape index (κ2) is 10.1. The maximum atomic E-state index is 13.4. The molecule has 4 aromatic rings. The first kappa shape index (κ1) is 25.1. The van der Waals surface area contributed by atoms with E-state index in [4.69, 9.17) is 5.26 Å². The molecule has 190 valence electrons. The van der Waals surface area contributed by atoms with Crippen molar-refractivity contribution in [2.45, 2.75) is 51.1 Å². The summed E-state index contributed by atoms with van der Waals surface area (Å²) >= 11 is 2.63. The van der Waals surface area contributed by atoms with Gasteiger partial charge in [0.1, 0.15) is 10.7 Å². The smallest absolute Gasteiger partial charge is 0.310 e. The van der Waals surface area contributed by atoms with Gasteiger partial charge >= 0.3 is 6.18 Å². The van der Waals surface area contributed by atoms with Crippen molar-refractivity contribution >= 4 is 43.9 Å². The van der Waals surface area contributed by atoms with E-state index in [1.807, 2.05) is 0 Å². The highest BCUT2D eigenvalue weighted by molar-refractivity contribution is 7.18. The lowest BCUT2D eigenvalue weighted by Gasteiger charge is -2.12. The Bertz CT molecular complexity index is 1600. The summed E-state index contributed by atoms with van der Waals surface area (Å²) < 4.78 is 40.3. The van der Waals surface area contributed by atoms with Crippen LogP contribution in [0.15, 0.2) is 29.2 Å². The standard InChI is InChI=1S/C25H20F3N5O2S2/c26-25(27,28)17-9-13(11-29)5-6-14(17)10-15-12-30-24(36-15)33-20(34)8-7-19-31-22(35)21-16-3-1-2-4-18(16)37-23(21)32-19/h5-6,9,12H,1-4,7-8,10H2,(H,30,33,34)(H,31,32,35). The quantitative estimate of drug-likeness (QED) is 0.340. The molecule has 0 unspecified atom stereocenters. The minimum atomic E-state index is -4.59. The normalized spacial score (nSPS) is 13.4. The number of halogens is 3. The molecule has 0 saturated carbocycles. The molecule has 1 aromatic carbocycles. The summed E-state index contributed by atoms with van der Waals surface area (Å²) in [5.41, 5.74) is 0.0175. The molecule has 0 bridgehead atoms. The van der Waals surface area contributed by atoms with Crippen LogP contribution in [0.2, 0.25) is 0 Å². The number of thiophene rings is 1. The summed E-state index contributed by atoms with van der Waals surface area (Å²) in [6, 6.07) is 5.18. The van der Waals surface area contributed by atoms with Crippen molar-refractivity contribution in [2.24, 2.45) is 0 Å². The van der Waals surface area contributed by atoms with Gasteiger partial charge in [0.05, 0.1) is 22.6 Å². The van der Waals surface area contributed by atoms with Crippen LogP contribution in [0.4, 0.5) is 18.3 Å². The van der Waals surface area contributed by atoms with Crippen LogP contribution < -0.4 is 10.9 Å². The van der Waals surface area contributed by atoms with E-state index in [0.717, 1.165) is 48.6 Å². The molecule has 12 heteroatoms. The Kier molecular flexibility index (Phi) is 6.83. The lowest BCUT2D eigenvalue weighted by molar-refractivity contribution is -0.138. The van der Waals surface area contributed by atoms with Crippen LogP contribution in [-0.4, -0.2) is 20.9 Å². The maximum absolute atomic E-state index is 13.4. The van der Waals surface area contributed by atoms with Gasteiger partial charge in [-0.2, -0.15) is 18.4 Å². The number of carbonyl (C=O) groups excluding carboxylic acids is 1. The molecule has 0 fully saturated rings. The summed E-state index contributed by atoms with van der Waals surface area (Å²) in [5.74, 6) is 0.0926. The van der Waals surface area contributed by atoms with Gasteiger partial charge in [0.15, 0.2) is 5.13 Å². The number of benzene rings is 1. The average molecular weight is 544 g/mol. The number of rotatable bonds is 6. The zero-order valence-electron chi connectivity index (χ0n) is 19.4. The molecule has 5 rings (SSSR count). The third kappa shape index (κ3) is 5.42. The summed E-state index contributed by atoms with van der Waals surface area (Å²) in [6.07, 6.45) is 1.11. The molecule has 0 atom stereocenters. The van der Waals surface area contributed by atoms with Gasteiger partial charge in [0.25, 0.3) is 5.56 Å². The average Bonchev–Trinajstić information content (AvgIpc) is 3.46. The van der Waals surface area contributed by atoms with Crippen LogP contribution in [-0.2, 0) is 36.7 Å². The monoisotopic (exact) mass is 543 g/mol. The molecule has 0 spiro atoms. The Labute approximate surface area is 217 Å².